The van der Waals surface area contributed by atoms with E-state index in [2.05, 4.69) is 5.32 Å². The van der Waals surface area contributed by atoms with Gasteiger partial charge in [-0.1, -0.05) is 54.4 Å². The van der Waals surface area contributed by atoms with Crippen molar-refractivity contribution in [3.63, 3.8) is 0 Å². The molecule has 35 heavy (non-hydrogen) atoms. The molecule has 0 fully saturated rings. The smallest absolute Gasteiger partial charge is 0.244 e. The maximum absolute atomic E-state index is 13.7. The third-order valence-electron chi connectivity index (χ3n) is 5.48. The van der Waals surface area contributed by atoms with Crippen molar-refractivity contribution in [3.8, 4) is 0 Å². The molecule has 0 spiro atoms. The average Bonchev–Trinajstić information content (AvgIpc) is 2.73. The molecule has 0 aliphatic heterocycles. The van der Waals surface area contributed by atoms with Crippen LogP contribution in [0.5, 0.6) is 0 Å². The fourth-order valence-corrected chi connectivity index (χ4v) is 4.63. The highest BCUT2D eigenvalue weighted by Crippen LogP contribution is 2.25. The zero-order chi connectivity index (χ0) is 26.6. The fraction of sp³-hybridized carbons (Fsp3) is 0.462. The van der Waals surface area contributed by atoms with E-state index in [0.717, 1.165) is 27.3 Å². The molecule has 1 unspecified atom stereocenters. The number of benzene rings is 2. The minimum Gasteiger partial charge on any atom is -0.350 e. The van der Waals surface area contributed by atoms with Crippen molar-refractivity contribution >= 4 is 39.1 Å². The van der Waals surface area contributed by atoms with Gasteiger partial charge in [0.2, 0.25) is 21.8 Å². The van der Waals surface area contributed by atoms with E-state index in [4.69, 9.17) is 11.6 Å². The molecule has 0 aliphatic carbocycles. The Morgan fingerprint density at radius 3 is 2.14 bits per heavy atom. The lowest BCUT2D eigenvalue weighted by Gasteiger charge is -2.34. The number of halogens is 1. The highest BCUT2D eigenvalue weighted by molar-refractivity contribution is 7.92. The van der Waals surface area contributed by atoms with Crippen molar-refractivity contribution in [2.45, 2.75) is 66.1 Å². The SMILES string of the molecule is CCC(C(=O)NC(C)(C)C)N(Cc1ccc(C)cc1)C(=O)CN(c1ccc(C)c(Cl)c1)S(C)(=O)=O. The van der Waals surface area contributed by atoms with Crippen LogP contribution in [-0.2, 0) is 26.2 Å². The summed E-state index contributed by atoms with van der Waals surface area (Å²) in [6.07, 6.45) is 1.41. The zero-order valence-electron chi connectivity index (χ0n) is 21.6. The van der Waals surface area contributed by atoms with E-state index in [1.807, 2.05) is 65.8 Å². The highest BCUT2D eigenvalue weighted by Gasteiger charge is 2.33. The average molecular weight is 522 g/mol. The maximum Gasteiger partial charge on any atom is 0.244 e. The van der Waals surface area contributed by atoms with E-state index in [1.165, 1.54) is 11.0 Å². The van der Waals surface area contributed by atoms with Crippen LogP contribution in [-0.4, -0.2) is 49.5 Å². The van der Waals surface area contributed by atoms with Crippen LogP contribution in [0.15, 0.2) is 42.5 Å². The molecule has 0 bridgehead atoms. The Morgan fingerprint density at radius 2 is 1.66 bits per heavy atom. The number of carbonyl (C=O) groups excluding carboxylic acids is 2. The first-order chi connectivity index (χ1) is 16.1. The van der Waals surface area contributed by atoms with Gasteiger partial charge in [-0.3, -0.25) is 13.9 Å². The van der Waals surface area contributed by atoms with E-state index in [9.17, 15) is 18.0 Å². The molecule has 1 N–H and O–H groups in total. The summed E-state index contributed by atoms with van der Waals surface area (Å²) in [5.74, 6) is -0.770. The molecule has 1 atom stereocenters. The fourth-order valence-electron chi connectivity index (χ4n) is 3.61. The molecule has 7 nitrogen and oxygen atoms in total. The van der Waals surface area contributed by atoms with Crippen LogP contribution in [0.1, 0.15) is 50.8 Å². The third kappa shape index (κ3) is 8.25. The Bertz CT molecular complexity index is 1160. The van der Waals surface area contributed by atoms with Crippen LogP contribution in [0.3, 0.4) is 0 Å². The van der Waals surface area contributed by atoms with Crippen LogP contribution in [0.4, 0.5) is 5.69 Å². The second kappa shape index (κ2) is 11.4. The van der Waals surface area contributed by atoms with Gasteiger partial charge in [-0.15, -0.1) is 0 Å². The topological polar surface area (TPSA) is 86.8 Å². The van der Waals surface area contributed by atoms with E-state index >= 15 is 0 Å². The summed E-state index contributed by atoms with van der Waals surface area (Å²) < 4.78 is 26.4. The summed E-state index contributed by atoms with van der Waals surface area (Å²) >= 11 is 6.23. The number of nitrogens with zero attached hydrogens (tertiary/aromatic N) is 2. The van der Waals surface area contributed by atoms with Crippen LogP contribution < -0.4 is 9.62 Å². The quantitative estimate of drug-likeness (QED) is 0.528. The lowest BCUT2D eigenvalue weighted by Crippen LogP contribution is -2.55. The summed E-state index contributed by atoms with van der Waals surface area (Å²) in [5, 5.41) is 3.35. The Labute approximate surface area is 214 Å². The molecule has 0 saturated carbocycles. The molecular formula is C26H36ClN3O4S. The number of nitrogens with one attached hydrogen (secondary N) is 1. The number of rotatable bonds is 9. The largest absolute Gasteiger partial charge is 0.350 e. The van der Waals surface area contributed by atoms with Gasteiger partial charge in [-0.05, 0) is 64.3 Å². The molecule has 2 amide bonds. The van der Waals surface area contributed by atoms with Gasteiger partial charge in [-0.2, -0.15) is 0 Å². The van der Waals surface area contributed by atoms with Gasteiger partial charge in [0.1, 0.15) is 12.6 Å². The summed E-state index contributed by atoms with van der Waals surface area (Å²) in [6.45, 7) is 10.9. The third-order valence-corrected chi connectivity index (χ3v) is 7.03. The zero-order valence-corrected chi connectivity index (χ0v) is 23.1. The predicted octanol–water partition coefficient (Wildman–Crippen LogP) is 4.44. The number of hydrogen-bond acceptors (Lipinski definition) is 4. The van der Waals surface area contributed by atoms with Crippen molar-refractivity contribution in [1.82, 2.24) is 10.2 Å². The molecule has 192 valence electrons. The van der Waals surface area contributed by atoms with Gasteiger partial charge < -0.3 is 10.2 Å². The van der Waals surface area contributed by atoms with E-state index in [0.29, 0.717) is 17.1 Å². The summed E-state index contributed by atoms with van der Waals surface area (Å²) in [6, 6.07) is 11.7. The van der Waals surface area contributed by atoms with Crippen LogP contribution in [0.25, 0.3) is 0 Å². The van der Waals surface area contributed by atoms with Crippen LogP contribution >= 0.6 is 11.6 Å². The summed E-state index contributed by atoms with van der Waals surface area (Å²) in [5.41, 5.74) is 2.51. The second-order valence-corrected chi connectivity index (χ2v) is 12.2. The highest BCUT2D eigenvalue weighted by atomic mass is 35.5. The maximum atomic E-state index is 13.7. The van der Waals surface area contributed by atoms with Crippen molar-refractivity contribution in [2.24, 2.45) is 0 Å². The molecule has 0 heterocycles. The number of hydrogen-bond donors (Lipinski definition) is 1. The lowest BCUT2D eigenvalue weighted by molar-refractivity contribution is -0.141. The van der Waals surface area contributed by atoms with Crippen LogP contribution in [0, 0.1) is 13.8 Å². The van der Waals surface area contributed by atoms with Gasteiger partial charge in [0, 0.05) is 17.1 Å². The Balaban J connectivity index is 2.47. The van der Waals surface area contributed by atoms with E-state index in [-0.39, 0.29) is 12.5 Å². The number of carbonyl (C=O) groups is 2. The lowest BCUT2D eigenvalue weighted by atomic mass is 10.1. The van der Waals surface area contributed by atoms with E-state index in [1.54, 1.807) is 12.1 Å². The first-order valence-electron chi connectivity index (χ1n) is 11.5. The molecule has 0 radical (unpaired) electrons. The molecule has 9 heteroatoms. The Kier molecular flexibility index (Phi) is 9.36. The standard InChI is InChI=1S/C26H36ClN3O4S/c1-8-23(25(32)28-26(4,5)6)29(16-20-12-9-18(2)10-13-20)24(31)17-30(35(7,33)34)21-14-11-19(3)22(27)15-21/h9-15,23H,8,16-17H2,1-7H3,(H,28,32). The minimum atomic E-state index is -3.81. The number of sulfonamides is 1. The van der Waals surface area contributed by atoms with Gasteiger partial charge in [0.15, 0.2) is 0 Å². The minimum absolute atomic E-state index is 0.168. The van der Waals surface area contributed by atoms with Crippen molar-refractivity contribution in [1.29, 1.82) is 0 Å². The molecule has 2 rings (SSSR count). The Hall–Kier alpha value is -2.58. The van der Waals surface area contributed by atoms with Gasteiger partial charge in [-0.25, -0.2) is 8.42 Å². The first-order valence-corrected chi connectivity index (χ1v) is 13.8. The van der Waals surface area contributed by atoms with Crippen molar-refractivity contribution < 1.29 is 18.0 Å². The number of amides is 2. The van der Waals surface area contributed by atoms with Crippen molar-refractivity contribution in [2.75, 3.05) is 17.1 Å². The summed E-state index contributed by atoms with van der Waals surface area (Å²) in [7, 11) is -3.81. The van der Waals surface area contributed by atoms with Gasteiger partial charge in [0.25, 0.3) is 0 Å². The molecular weight excluding hydrogens is 486 g/mol. The number of aryl methyl sites for hydroxylation is 2. The molecule has 2 aromatic rings. The van der Waals surface area contributed by atoms with Gasteiger partial charge >= 0.3 is 0 Å². The second-order valence-electron chi connectivity index (χ2n) is 9.87. The normalized spacial score (nSPS) is 12.7. The number of anilines is 1. The molecule has 0 saturated heterocycles. The van der Waals surface area contributed by atoms with Gasteiger partial charge in [0.05, 0.1) is 11.9 Å². The molecule has 0 aromatic heterocycles. The molecule has 0 aliphatic rings. The monoisotopic (exact) mass is 521 g/mol. The predicted molar refractivity (Wildman–Crippen MR) is 142 cm³/mol. The summed E-state index contributed by atoms with van der Waals surface area (Å²) in [4.78, 5) is 28.3. The first kappa shape index (κ1) is 28.7. The molecule has 2 aromatic carbocycles. The Morgan fingerprint density at radius 1 is 1.06 bits per heavy atom. The van der Waals surface area contributed by atoms with Crippen LogP contribution in [0.2, 0.25) is 5.02 Å². The van der Waals surface area contributed by atoms with Crippen molar-refractivity contribution in [3.05, 3.63) is 64.2 Å². The van der Waals surface area contributed by atoms with E-state index < -0.39 is 34.1 Å².